The average molecular weight is 295 g/mol. The second kappa shape index (κ2) is 6.45. The zero-order chi connectivity index (χ0) is 14.7. The number of carbonyl (C=O) groups is 2. The molecular formula is C14H21N3O2S. The van der Waals surface area contributed by atoms with Crippen molar-refractivity contribution in [2.45, 2.75) is 51.6 Å². The third-order valence-electron chi connectivity index (χ3n) is 3.76. The summed E-state index contributed by atoms with van der Waals surface area (Å²) in [4.78, 5) is 29.8. The van der Waals surface area contributed by atoms with Gasteiger partial charge in [-0.15, -0.1) is 11.3 Å². The number of hydrogen-bond acceptors (Lipinski definition) is 5. The standard InChI is InChI=1S/C14H21N3O2S/c1-4-10(3)17-12(18)7-11(14(17)19)16-8-9(2)13-15-5-6-20-13/h5-6,9-11,16H,4,7-8H2,1-3H3. The van der Waals surface area contributed by atoms with E-state index in [2.05, 4.69) is 17.2 Å². The smallest absolute Gasteiger partial charge is 0.247 e. The summed E-state index contributed by atoms with van der Waals surface area (Å²) in [5.41, 5.74) is 0. The zero-order valence-electron chi connectivity index (χ0n) is 12.1. The number of hydrogen-bond donors (Lipinski definition) is 1. The molecule has 1 aromatic heterocycles. The predicted octanol–water partition coefficient (Wildman–Crippen LogP) is 1.76. The molecular weight excluding hydrogens is 274 g/mol. The zero-order valence-corrected chi connectivity index (χ0v) is 12.9. The number of carbonyl (C=O) groups excluding carboxylic acids is 2. The van der Waals surface area contributed by atoms with Gasteiger partial charge in [0.15, 0.2) is 0 Å². The minimum absolute atomic E-state index is 0.0156. The molecule has 110 valence electrons. The summed E-state index contributed by atoms with van der Waals surface area (Å²) < 4.78 is 0. The third-order valence-corrected chi connectivity index (χ3v) is 4.77. The summed E-state index contributed by atoms with van der Waals surface area (Å²) in [7, 11) is 0. The Morgan fingerprint density at radius 1 is 1.50 bits per heavy atom. The SMILES string of the molecule is CCC(C)N1C(=O)CC(NCC(C)c2nccs2)C1=O. The van der Waals surface area contributed by atoms with E-state index in [1.165, 1.54) is 4.90 Å². The van der Waals surface area contributed by atoms with Crippen molar-refractivity contribution in [2.75, 3.05) is 6.54 Å². The molecule has 0 aliphatic carbocycles. The fourth-order valence-corrected chi connectivity index (χ4v) is 3.04. The van der Waals surface area contributed by atoms with Crippen LogP contribution < -0.4 is 5.32 Å². The number of likely N-dealkylation sites (tertiary alicyclic amines) is 1. The van der Waals surface area contributed by atoms with Gasteiger partial charge >= 0.3 is 0 Å². The Morgan fingerprint density at radius 2 is 2.25 bits per heavy atom. The van der Waals surface area contributed by atoms with Crippen molar-refractivity contribution in [3.63, 3.8) is 0 Å². The molecule has 2 amide bonds. The molecule has 1 N–H and O–H groups in total. The normalized spacial score (nSPS) is 22.4. The first-order chi connectivity index (χ1) is 9.54. The van der Waals surface area contributed by atoms with E-state index >= 15 is 0 Å². The van der Waals surface area contributed by atoms with E-state index in [-0.39, 0.29) is 36.2 Å². The quantitative estimate of drug-likeness (QED) is 0.812. The number of nitrogens with one attached hydrogen (secondary N) is 1. The van der Waals surface area contributed by atoms with Crippen LogP contribution in [0.15, 0.2) is 11.6 Å². The third kappa shape index (κ3) is 3.07. The average Bonchev–Trinajstić information content (AvgIpc) is 3.04. The van der Waals surface area contributed by atoms with Gasteiger partial charge in [0, 0.05) is 30.1 Å². The molecule has 3 atom stereocenters. The van der Waals surface area contributed by atoms with Gasteiger partial charge in [0.2, 0.25) is 11.8 Å². The van der Waals surface area contributed by atoms with E-state index in [0.29, 0.717) is 6.54 Å². The van der Waals surface area contributed by atoms with Gasteiger partial charge in [0.05, 0.1) is 17.5 Å². The van der Waals surface area contributed by atoms with Gasteiger partial charge in [0.25, 0.3) is 0 Å². The van der Waals surface area contributed by atoms with Crippen molar-refractivity contribution >= 4 is 23.2 Å². The van der Waals surface area contributed by atoms with Gasteiger partial charge in [-0.2, -0.15) is 0 Å². The number of aromatic nitrogens is 1. The van der Waals surface area contributed by atoms with Crippen LogP contribution in [0.1, 0.15) is 44.5 Å². The molecule has 6 heteroatoms. The lowest BCUT2D eigenvalue weighted by molar-refractivity contribution is -0.141. The highest BCUT2D eigenvalue weighted by atomic mass is 32.1. The number of nitrogens with zero attached hydrogens (tertiary/aromatic N) is 2. The van der Waals surface area contributed by atoms with E-state index in [0.717, 1.165) is 11.4 Å². The Hall–Kier alpha value is -1.27. The van der Waals surface area contributed by atoms with Crippen LogP contribution in [0.4, 0.5) is 0 Å². The first kappa shape index (κ1) is 15.1. The lowest BCUT2D eigenvalue weighted by Gasteiger charge is -2.22. The molecule has 1 aliphatic heterocycles. The summed E-state index contributed by atoms with van der Waals surface area (Å²) >= 11 is 1.61. The van der Waals surface area contributed by atoms with Crippen LogP contribution in [0.3, 0.4) is 0 Å². The number of rotatable bonds is 6. The fourth-order valence-electron chi connectivity index (χ4n) is 2.34. The topological polar surface area (TPSA) is 62.3 Å². The highest BCUT2D eigenvalue weighted by Crippen LogP contribution is 2.20. The molecule has 5 nitrogen and oxygen atoms in total. The van der Waals surface area contributed by atoms with Crippen LogP contribution in [-0.2, 0) is 9.59 Å². The van der Waals surface area contributed by atoms with Crippen LogP contribution in [0.5, 0.6) is 0 Å². The molecule has 0 radical (unpaired) electrons. The molecule has 0 bridgehead atoms. The molecule has 1 fully saturated rings. The molecule has 2 heterocycles. The van der Waals surface area contributed by atoms with Crippen LogP contribution in [0.25, 0.3) is 0 Å². The van der Waals surface area contributed by atoms with Crippen molar-refractivity contribution in [1.29, 1.82) is 0 Å². The molecule has 1 aliphatic rings. The second-order valence-electron chi connectivity index (χ2n) is 5.30. The lowest BCUT2D eigenvalue weighted by atomic mass is 10.1. The maximum atomic E-state index is 12.2. The van der Waals surface area contributed by atoms with E-state index in [1.54, 1.807) is 17.5 Å². The van der Waals surface area contributed by atoms with E-state index < -0.39 is 0 Å². The molecule has 3 unspecified atom stereocenters. The summed E-state index contributed by atoms with van der Waals surface area (Å²) in [5.74, 6) is 0.0926. The van der Waals surface area contributed by atoms with Crippen molar-refractivity contribution in [2.24, 2.45) is 0 Å². The van der Waals surface area contributed by atoms with Gasteiger partial charge in [-0.3, -0.25) is 14.5 Å². The monoisotopic (exact) mass is 295 g/mol. The minimum Gasteiger partial charge on any atom is -0.305 e. The van der Waals surface area contributed by atoms with Gasteiger partial charge in [-0.05, 0) is 13.3 Å². The summed E-state index contributed by atoms with van der Waals surface area (Å²) in [5, 5.41) is 6.21. The van der Waals surface area contributed by atoms with Gasteiger partial charge in [0.1, 0.15) is 0 Å². The summed E-state index contributed by atoms with van der Waals surface area (Å²) in [6.45, 7) is 6.62. The molecule has 1 saturated heterocycles. The summed E-state index contributed by atoms with van der Waals surface area (Å²) in [6.07, 6.45) is 2.85. The van der Waals surface area contributed by atoms with Crippen molar-refractivity contribution in [3.8, 4) is 0 Å². The Balaban J connectivity index is 1.91. The van der Waals surface area contributed by atoms with Crippen LogP contribution >= 0.6 is 11.3 Å². The summed E-state index contributed by atoms with van der Waals surface area (Å²) in [6, 6.07) is -0.392. The molecule has 0 aromatic carbocycles. The van der Waals surface area contributed by atoms with E-state index in [4.69, 9.17) is 0 Å². The minimum atomic E-state index is -0.376. The first-order valence-electron chi connectivity index (χ1n) is 7.03. The first-order valence-corrected chi connectivity index (χ1v) is 7.91. The maximum absolute atomic E-state index is 12.2. The van der Waals surface area contributed by atoms with E-state index in [1.807, 2.05) is 19.2 Å². The lowest BCUT2D eigenvalue weighted by Crippen LogP contribution is -2.43. The number of imide groups is 1. The van der Waals surface area contributed by atoms with Crippen LogP contribution in [0.2, 0.25) is 0 Å². The van der Waals surface area contributed by atoms with Gasteiger partial charge in [-0.25, -0.2) is 4.98 Å². The van der Waals surface area contributed by atoms with Crippen LogP contribution in [0, 0.1) is 0 Å². The Bertz CT molecular complexity index is 475. The number of thiazole rings is 1. The second-order valence-corrected chi connectivity index (χ2v) is 6.22. The van der Waals surface area contributed by atoms with Crippen molar-refractivity contribution in [3.05, 3.63) is 16.6 Å². The van der Waals surface area contributed by atoms with Crippen molar-refractivity contribution < 1.29 is 9.59 Å². The molecule has 0 spiro atoms. The maximum Gasteiger partial charge on any atom is 0.247 e. The molecule has 20 heavy (non-hydrogen) atoms. The Labute approximate surface area is 123 Å². The number of amides is 2. The van der Waals surface area contributed by atoms with Gasteiger partial charge < -0.3 is 5.32 Å². The fraction of sp³-hybridized carbons (Fsp3) is 0.643. The molecule has 0 saturated carbocycles. The Kier molecular flexibility index (Phi) is 4.88. The van der Waals surface area contributed by atoms with Crippen molar-refractivity contribution in [1.82, 2.24) is 15.2 Å². The van der Waals surface area contributed by atoms with E-state index in [9.17, 15) is 9.59 Å². The highest BCUT2D eigenvalue weighted by Gasteiger charge is 2.40. The Morgan fingerprint density at radius 3 is 2.85 bits per heavy atom. The highest BCUT2D eigenvalue weighted by molar-refractivity contribution is 7.09. The molecule has 2 rings (SSSR count). The van der Waals surface area contributed by atoms with Gasteiger partial charge in [-0.1, -0.05) is 13.8 Å². The molecule has 1 aromatic rings. The predicted molar refractivity (Wildman–Crippen MR) is 78.5 cm³/mol. The largest absolute Gasteiger partial charge is 0.305 e. The van der Waals surface area contributed by atoms with Crippen LogP contribution in [-0.4, -0.2) is 40.3 Å².